The van der Waals surface area contributed by atoms with Gasteiger partial charge in [0, 0.05) is 17.1 Å². The normalized spacial score (nSPS) is 10.8. The fourth-order valence-corrected chi connectivity index (χ4v) is 2.43. The van der Waals surface area contributed by atoms with Crippen LogP contribution < -0.4 is 11.4 Å². The van der Waals surface area contributed by atoms with E-state index in [0.29, 0.717) is 22.3 Å². The number of aromatic amines is 1. The highest BCUT2D eigenvalue weighted by Gasteiger charge is 2.11. The molecule has 2 rings (SSSR count). The van der Waals surface area contributed by atoms with Crippen LogP contribution in [0.1, 0.15) is 13.3 Å². The first-order chi connectivity index (χ1) is 8.61. The average Bonchev–Trinajstić information content (AvgIpc) is 2.67. The molecule has 0 saturated carbocycles. The Hall–Kier alpha value is -1.76. The maximum absolute atomic E-state index is 13.1. The van der Waals surface area contributed by atoms with Crippen molar-refractivity contribution in [1.29, 1.82) is 0 Å². The van der Waals surface area contributed by atoms with Gasteiger partial charge in [-0.25, -0.2) is 14.3 Å². The third-order valence-corrected chi connectivity index (χ3v) is 3.42. The monoisotopic (exact) mass is 268 g/mol. The molecular formula is C11H13FN4OS. The summed E-state index contributed by atoms with van der Waals surface area (Å²) in [6.07, 6.45) is 0.811. The minimum Gasteiger partial charge on any atom is -0.398 e. The summed E-state index contributed by atoms with van der Waals surface area (Å²) in [5, 5.41) is 6.77. The van der Waals surface area contributed by atoms with E-state index in [1.807, 2.05) is 6.92 Å². The van der Waals surface area contributed by atoms with Gasteiger partial charge < -0.3 is 5.73 Å². The Kier molecular flexibility index (Phi) is 3.71. The van der Waals surface area contributed by atoms with E-state index in [1.54, 1.807) is 0 Å². The first-order valence-electron chi connectivity index (χ1n) is 5.50. The van der Waals surface area contributed by atoms with Crippen LogP contribution in [-0.4, -0.2) is 14.8 Å². The SMILES string of the molecule is CCCn1c(Sc2cc(F)ccc2N)n[nH]c1=O. The molecule has 0 aliphatic rings. The lowest BCUT2D eigenvalue weighted by Gasteiger charge is -2.06. The molecule has 3 N–H and O–H groups in total. The van der Waals surface area contributed by atoms with Gasteiger partial charge in [0.1, 0.15) is 5.82 Å². The van der Waals surface area contributed by atoms with E-state index in [9.17, 15) is 9.18 Å². The van der Waals surface area contributed by atoms with E-state index in [4.69, 9.17) is 5.73 Å². The van der Waals surface area contributed by atoms with Gasteiger partial charge in [0.2, 0.25) is 0 Å². The van der Waals surface area contributed by atoms with Crippen LogP contribution in [0, 0.1) is 5.82 Å². The molecule has 96 valence electrons. The van der Waals surface area contributed by atoms with E-state index in [2.05, 4.69) is 10.2 Å². The Balaban J connectivity index is 2.34. The Bertz CT molecular complexity index is 607. The molecule has 0 aliphatic carbocycles. The molecule has 2 aromatic rings. The van der Waals surface area contributed by atoms with Gasteiger partial charge in [0.25, 0.3) is 0 Å². The number of nitrogens with zero attached hydrogens (tertiary/aromatic N) is 2. The van der Waals surface area contributed by atoms with Crippen LogP contribution in [0.2, 0.25) is 0 Å². The van der Waals surface area contributed by atoms with Gasteiger partial charge in [-0.05, 0) is 36.4 Å². The molecule has 1 aromatic heterocycles. The number of aromatic nitrogens is 3. The van der Waals surface area contributed by atoms with Crippen molar-refractivity contribution in [3.8, 4) is 0 Å². The van der Waals surface area contributed by atoms with E-state index in [1.165, 1.54) is 34.5 Å². The largest absolute Gasteiger partial charge is 0.398 e. The Labute approximate surface area is 107 Å². The Morgan fingerprint density at radius 2 is 2.33 bits per heavy atom. The summed E-state index contributed by atoms with van der Waals surface area (Å²) in [6.45, 7) is 2.53. The third kappa shape index (κ3) is 2.56. The summed E-state index contributed by atoms with van der Waals surface area (Å²) in [4.78, 5) is 12.0. The second-order valence-corrected chi connectivity index (χ2v) is 4.76. The fraction of sp³-hybridized carbons (Fsp3) is 0.273. The lowest BCUT2D eigenvalue weighted by molar-refractivity contribution is 0.603. The molecular weight excluding hydrogens is 255 g/mol. The van der Waals surface area contributed by atoms with Crippen LogP contribution in [0.25, 0.3) is 0 Å². The number of rotatable bonds is 4. The zero-order chi connectivity index (χ0) is 13.1. The van der Waals surface area contributed by atoms with Crippen molar-refractivity contribution in [1.82, 2.24) is 14.8 Å². The Morgan fingerprint density at radius 1 is 1.56 bits per heavy atom. The van der Waals surface area contributed by atoms with Crippen LogP contribution in [0.5, 0.6) is 0 Å². The van der Waals surface area contributed by atoms with Gasteiger partial charge in [-0.1, -0.05) is 6.92 Å². The van der Waals surface area contributed by atoms with Crippen LogP contribution in [-0.2, 0) is 6.54 Å². The minimum absolute atomic E-state index is 0.269. The maximum atomic E-state index is 13.1. The lowest BCUT2D eigenvalue weighted by Crippen LogP contribution is -2.17. The van der Waals surface area contributed by atoms with Crippen molar-refractivity contribution in [3.05, 3.63) is 34.5 Å². The van der Waals surface area contributed by atoms with Crippen LogP contribution in [0.15, 0.2) is 33.0 Å². The zero-order valence-electron chi connectivity index (χ0n) is 9.81. The first-order valence-corrected chi connectivity index (χ1v) is 6.31. The number of nitrogens with two attached hydrogens (primary N) is 1. The van der Waals surface area contributed by atoms with Gasteiger partial charge in [-0.2, -0.15) is 0 Å². The molecule has 0 atom stereocenters. The van der Waals surface area contributed by atoms with E-state index < -0.39 is 0 Å². The van der Waals surface area contributed by atoms with E-state index in [0.717, 1.165) is 6.42 Å². The summed E-state index contributed by atoms with van der Waals surface area (Å²) in [6, 6.07) is 4.12. The van der Waals surface area contributed by atoms with Gasteiger partial charge >= 0.3 is 5.69 Å². The highest BCUT2D eigenvalue weighted by atomic mass is 32.2. The smallest absolute Gasteiger partial charge is 0.343 e. The molecule has 0 fully saturated rings. The zero-order valence-corrected chi connectivity index (χ0v) is 10.6. The topological polar surface area (TPSA) is 76.7 Å². The van der Waals surface area contributed by atoms with E-state index in [-0.39, 0.29) is 11.5 Å². The molecule has 0 bridgehead atoms. The minimum atomic E-state index is -0.369. The van der Waals surface area contributed by atoms with Crippen LogP contribution in [0.4, 0.5) is 10.1 Å². The van der Waals surface area contributed by atoms with Crippen molar-refractivity contribution in [2.75, 3.05) is 5.73 Å². The standard InChI is InChI=1S/C11H13FN4OS/c1-2-5-16-10(17)14-15-11(16)18-9-6-7(12)3-4-8(9)13/h3-4,6H,2,5,13H2,1H3,(H,14,17). The fourth-order valence-electron chi connectivity index (χ4n) is 1.50. The average molecular weight is 268 g/mol. The highest BCUT2D eigenvalue weighted by Crippen LogP contribution is 2.30. The number of H-pyrrole nitrogens is 1. The molecule has 0 radical (unpaired) electrons. The molecule has 5 nitrogen and oxygen atoms in total. The summed E-state index contributed by atoms with van der Waals surface area (Å²) in [7, 11) is 0. The van der Waals surface area contributed by atoms with Gasteiger partial charge in [-0.15, -0.1) is 5.10 Å². The van der Waals surface area contributed by atoms with Crippen molar-refractivity contribution in [2.24, 2.45) is 0 Å². The molecule has 18 heavy (non-hydrogen) atoms. The third-order valence-electron chi connectivity index (χ3n) is 2.35. The van der Waals surface area contributed by atoms with Crippen LogP contribution in [0.3, 0.4) is 0 Å². The molecule has 0 amide bonds. The van der Waals surface area contributed by atoms with Crippen LogP contribution >= 0.6 is 11.8 Å². The number of hydrogen-bond donors (Lipinski definition) is 2. The van der Waals surface area contributed by atoms with Crippen molar-refractivity contribution in [3.63, 3.8) is 0 Å². The molecule has 0 unspecified atom stereocenters. The summed E-state index contributed by atoms with van der Waals surface area (Å²) < 4.78 is 14.6. The molecule has 7 heteroatoms. The number of benzene rings is 1. The Morgan fingerprint density at radius 3 is 3.06 bits per heavy atom. The number of nitrogen functional groups attached to an aromatic ring is 1. The summed E-state index contributed by atoms with van der Waals surface area (Å²) in [5.41, 5.74) is 5.94. The second kappa shape index (κ2) is 5.26. The van der Waals surface area contributed by atoms with Gasteiger partial charge in [0.05, 0.1) is 0 Å². The summed E-state index contributed by atoms with van der Waals surface area (Å²) in [5.74, 6) is -0.369. The molecule has 1 aromatic carbocycles. The molecule has 0 spiro atoms. The quantitative estimate of drug-likeness (QED) is 0.830. The van der Waals surface area contributed by atoms with Crippen molar-refractivity contribution >= 4 is 17.4 Å². The lowest BCUT2D eigenvalue weighted by atomic mass is 10.3. The maximum Gasteiger partial charge on any atom is 0.343 e. The van der Waals surface area contributed by atoms with E-state index >= 15 is 0 Å². The van der Waals surface area contributed by atoms with Crippen molar-refractivity contribution in [2.45, 2.75) is 29.9 Å². The van der Waals surface area contributed by atoms with Crippen molar-refractivity contribution < 1.29 is 4.39 Å². The number of hydrogen-bond acceptors (Lipinski definition) is 4. The molecule has 0 aliphatic heterocycles. The predicted octanol–water partition coefficient (Wildman–Crippen LogP) is 1.85. The molecule has 1 heterocycles. The van der Waals surface area contributed by atoms with Gasteiger partial charge in [0.15, 0.2) is 5.16 Å². The number of anilines is 1. The number of halogens is 1. The number of nitrogens with one attached hydrogen (secondary N) is 1. The summed E-state index contributed by atoms with van der Waals surface area (Å²) >= 11 is 1.17. The molecule has 0 saturated heterocycles. The highest BCUT2D eigenvalue weighted by molar-refractivity contribution is 7.99. The first kappa shape index (κ1) is 12.7. The second-order valence-electron chi connectivity index (χ2n) is 3.75. The van der Waals surface area contributed by atoms with Gasteiger partial charge in [-0.3, -0.25) is 4.57 Å². The predicted molar refractivity (Wildman–Crippen MR) is 68.1 cm³/mol.